The van der Waals surface area contributed by atoms with Crippen molar-refractivity contribution >= 4 is 32.6 Å². The van der Waals surface area contributed by atoms with Gasteiger partial charge in [-0.15, -0.1) is 0 Å². The summed E-state index contributed by atoms with van der Waals surface area (Å²) < 4.78 is 24.3. The lowest BCUT2D eigenvalue weighted by molar-refractivity contribution is 0.124. The topological polar surface area (TPSA) is 78.3 Å². The highest BCUT2D eigenvalue weighted by Crippen LogP contribution is 2.40. The van der Waals surface area contributed by atoms with Crippen molar-refractivity contribution in [3.8, 4) is 23.0 Å². The van der Waals surface area contributed by atoms with E-state index >= 15 is 0 Å². The summed E-state index contributed by atoms with van der Waals surface area (Å²) in [6, 6.07) is 18.1. The van der Waals surface area contributed by atoms with Gasteiger partial charge in [0.2, 0.25) is 6.79 Å². The normalized spacial score (nSPS) is 15.7. The van der Waals surface area contributed by atoms with Gasteiger partial charge in [0.1, 0.15) is 0 Å². The molecular formula is C32H32N4O5. The number of rotatable bonds is 7. The van der Waals surface area contributed by atoms with Gasteiger partial charge < -0.3 is 23.5 Å². The van der Waals surface area contributed by atoms with Gasteiger partial charge in [-0.3, -0.25) is 19.6 Å². The van der Waals surface area contributed by atoms with E-state index in [1.165, 1.54) is 5.56 Å². The highest BCUT2D eigenvalue weighted by molar-refractivity contribution is 6.15. The molecule has 0 bridgehead atoms. The fourth-order valence-electron chi connectivity index (χ4n) is 6.05. The third-order valence-electron chi connectivity index (χ3n) is 8.25. The Morgan fingerprint density at radius 2 is 1.46 bits per heavy atom. The molecule has 1 saturated heterocycles. The third kappa shape index (κ3) is 4.61. The monoisotopic (exact) mass is 552 g/mol. The smallest absolute Gasteiger partial charge is 0.259 e. The molecule has 1 fully saturated rings. The van der Waals surface area contributed by atoms with Gasteiger partial charge >= 0.3 is 0 Å². The first-order valence-corrected chi connectivity index (χ1v) is 13.9. The average molecular weight is 553 g/mol. The van der Waals surface area contributed by atoms with E-state index in [1.807, 2.05) is 29.0 Å². The molecule has 0 saturated carbocycles. The van der Waals surface area contributed by atoms with E-state index in [9.17, 15) is 4.79 Å². The Labute approximate surface area is 237 Å². The van der Waals surface area contributed by atoms with E-state index in [2.05, 4.69) is 40.1 Å². The van der Waals surface area contributed by atoms with Crippen molar-refractivity contribution in [1.29, 1.82) is 0 Å². The fraction of sp³-hybridized carbons (Fsp3) is 0.312. The van der Waals surface area contributed by atoms with E-state index in [1.54, 1.807) is 20.3 Å². The second-order valence-electron chi connectivity index (χ2n) is 10.6. The van der Waals surface area contributed by atoms with Crippen molar-refractivity contribution in [2.75, 3.05) is 53.7 Å². The maximum atomic E-state index is 14.2. The molecule has 2 aliphatic rings. The summed E-state index contributed by atoms with van der Waals surface area (Å²) in [6.45, 7) is 6.35. The average Bonchev–Trinajstić information content (AvgIpc) is 3.48. The standard InChI is InChI=1S/C32H32N4O5/c1-38-27-14-22-23(15-28(27)39-2)32(37)36(13-12-34-8-10-35(11-9-34)19-21-6-4-3-5-7-21)31-24-16-29-30(41-20-40-29)17-26(24)33-18-25(22)31/h3-7,14-18H,8-13,19-20H2,1-2H3. The molecule has 0 radical (unpaired) electrons. The number of pyridine rings is 2. The molecule has 41 heavy (non-hydrogen) atoms. The second kappa shape index (κ2) is 10.6. The molecule has 7 rings (SSSR count). The van der Waals surface area contributed by atoms with Crippen LogP contribution in [0.25, 0.3) is 32.6 Å². The summed E-state index contributed by atoms with van der Waals surface area (Å²) in [4.78, 5) is 23.9. The van der Waals surface area contributed by atoms with Crippen LogP contribution in [0.1, 0.15) is 5.56 Å². The SMILES string of the molecule is COc1cc2c(=O)n(CCN3CCN(Cc4ccccc4)CC3)c3c4cc5c(cc4ncc3c2cc1OC)OCO5. The Hall–Kier alpha value is -4.34. The van der Waals surface area contributed by atoms with Gasteiger partial charge in [0.05, 0.1) is 30.6 Å². The molecule has 210 valence electrons. The molecule has 0 aliphatic carbocycles. The zero-order chi connectivity index (χ0) is 27.9. The maximum Gasteiger partial charge on any atom is 0.259 e. The Bertz CT molecular complexity index is 1810. The summed E-state index contributed by atoms with van der Waals surface area (Å²) >= 11 is 0. The van der Waals surface area contributed by atoms with Gasteiger partial charge in [0.15, 0.2) is 23.0 Å². The zero-order valence-corrected chi connectivity index (χ0v) is 23.3. The van der Waals surface area contributed by atoms with E-state index in [4.69, 9.17) is 23.9 Å². The molecule has 2 aromatic heterocycles. The summed E-state index contributed by atoms with van der Waals surface area (Å²) in [5, 5.41) is 3.08. The molecule has 2 aliphatic heterocycles. The second-order valence-corrected chi connectivity index (χ2v) is 10.6. The molecule has 4 heterocycles. The van der Waals surface area contributed by atoms with Crippen LogP contribution in [0.15, 0.2) is 65.6 Å². The summed E-state index contributed by atoms with van der Waals surface area (Å²) in [5.41, 5.74) is 2.86. The van der Waals surface area contributed by atoms with Gasteiger partial charge in [0, 0.05) is 74.2 Å². The first-order valence-electron chi connectivity index (χ1n) is 13.9. The number of fused-ring (bicyclic) bond motifs is 6. The Morgan fingerprint density at radius 3 is 2.20 bits per heavy atom. The zero-order valence-electron chi connectivity index (χ0n) is 23.3. The molecule has 5 aromatic rings. The molecule has 0 atom stereocenters. The van der Waals surface area contributed by atoms with E-state index in [0.717, 1.165) is 66.5 Å². The Morgan fingerprint density at radius 1 is 0.780 bits per heavy atom. The number of nitrogens with zero attached hydrogens (tertiary/aromatic N) is 4. The van der Waals surface area contributed by atoms with Crippen molar-refractivity contribution in [2.24, 2.45) is 0 Å². The minimum atomic E-state index is -0.0682. The van der Waals surface area contributed by atoms with Crippen LogP contribution in [-0.2, 0) is 13.1 Å². The van der Waals surface area contributed by atoms with Crippen LogP contribution in [0, 0.1) is 0 Å². The first kappa shape index (κ1) is 25.6. The minimum absolute atomic E-state index is 0.0682. The number of piperazine rings is 1. The first-order chi connectivity index (χ1) is 20.1. The molecule has 0 unspecified atom stereocenters. The number of methoxy groups -OCH3 is 2. The number of aromatic nitrogens is 2. The van der Waals surface area contributed by atoms with Crippen LogP contribution < -0.4 is 24.5 Å². The lowest BCUT2D eigenvalue weighted by atomic mass is 10.0. The predicted octanol–water partition coefficient (Wildman–Crippen LogP) is 4.27. The van der Waals surface area contributed by atoms with Gasteiger partial charge in [-0.25, -0.2) is 0 Å². The van der Waals surface area contributed by atoms with Crippen LogP contribution in [0.5, 0.6) is 23.0 Å². The molecule has 0 spiro atoms. The Balaban J connectivity index is 1.27. The van der Waals surface area contributed by atoms with Crippen molar-refractivity contribution < 1.29 is 18.9 Å². The van der Waals surface area contributed by atoms with Crippen LogP contribution in [-0.4, -0.2) is 73.1 Å². The van der Waals surface area contributed by atoms with Crippen LogP contribution in [0.4, 0.5) is 0 Å². The highest BCUT2D eigenvalue weighted by atomic mass is 16.7. The van der Waals surface area contributed by atoms with E-state index in [-0.39, 0.29) is 12.4 Å². The number of ether oxygens (including phenoxy) is 4. The Kier molecular flexibility index (Phi) is 6.60. The van der Waals surface area contributed by atoms with Crippen LogP contribution >= 0.6 is 0 Å². The lowest BCUT2D eigenvalue weighted by Crippen LogP contribution is -2.47. The van der Waals surface area contributed by atoms with Gasteiger partial charge in [-0.1, -0.05) is 30.3 Å². The van der Waals surface area contributed by atoms with Gasteiger partial charge in [0.25, 0.3) is 5.56 Å². The molecule has 9 heteroatoms. The van der Waals surface area contributed by atoms with Crippen LogP contribution in [0.2, 0.25) is 0 Å². The minimum Gasteiger partial charge on any atom is -0.493 e. The van der Waals surface area contributed by atoms with Gasteiger partial charge in [-0.2, -0.15) is 0 Å². The highest BCUT2D eigenvalue weighted by Gasteiger charge is 2.22. The summed E-state index contributed by atoms with van der Waals surface area (Å²) in [6.07, 6.45) is 1.84. The van der Waals surface area contributed by atoms with Crippen molar-refractivity contribution in [1.82, 2.24) is 19.4 Å². The molecular weight excluding hydrogens is 520 g/mol. The predicted molar refractivity (Wildman–Crippen MR) is 158 cm³/mol. The molecule has 3 aromatic carbocycles. The third-order valence-corrected chi connectivity index (χ3v) is 8.25. The summed E-state index contributed by atoms with van der Waals surface area (Å²) in [7, 11) is 3.18. The van der Waals surface area contributed by atoms with Crippen LogP contribution in [0.3, 0.4) is 0 Å². The van der Waals surface area contributed by atoms with Crippen molar-refractivity contribution in [2.45, 2.75) is 13.1 Å². The maximum absolute atomic E-state index is 14.2. The number of benzene rings is 3. The van der Waals surface area contributed by atoms with E-state index < -0.39 is 0 Å². The van der Waals surface area contributed by atoms with E-state index in [0.29, 0.717) is 34.9 Å². The largest absolute Gasteiger partial charge is 0.493 e. The van der Waals surface area contributed by atoms with Crippen molar-refractivity contribution in [3.63, 3.8) is 0 Å². The number of hydrogen-bond acceptors (Lipinski definition) is 8. The fourth-order valence-corrected chi connectivity index (χ4v) is 6.05. The quantitative estimate of drug-likeness (QED) is 0.277. The molecule has 0 amide bonds. The summed E-state index contributed by atoms with van der Waals surface area (Å²) in [5.74, 6) is 2.42. The molecule has 0 N–H and O–H groups in total. The lowest BCUT2D eigenvalue weighted by Gasteiger charge is -2.35. The van der Waals surface area contributed by atoms with Gasteiger partial charge in [-0.05, 0) is 23.8 Å². The molecule has 9 nitrogen and oxygen atoms in total. The number of hydrogen-bond donors (Lipinski definition) is 0. The van der Waals surface area contributed by atoms with Crippen molar-refractivity contribution in [3.05, 3.63) is 76.7 Å².